The third-order valence-corrected chi connectivity index (χ3v) is 5.22. The van der Waals surface area contributed by atoms with Crippen LogP contribution in [0.3, 0.4) is 0 Å². The summed E-state index contributed by atoms with van der Waals surface area (Å²) in [4.78, 5) is 15.3. The fourth-order valence-electron chi connectivity index (χ4n) is 4.01. The summed E-state index contributed by atoms with van der Waals surface area (Å²) in [6, 6.07) is 13.0. The molecule has 2 aliphatic heterocycles. The Morgan fingerprint density at radius 1 is 1.17 bits per heavy atom. The first-order chi connectivity index (χ1) is 11.7. The zero-order valence-electron chi connectivity index (χ0n) is 14.0. The van der Waals surface area contributed by atoms with Crippen LogP contribution in [0.25, 0.3) is 0 Å². The predicted molar refractivity (Wildman–Crippen MR) is 90.6 cm³/mol. The number of hydrogen-bond acceptors (Lipinski definition) is 4. The summed E-state index contributed by atoms with van der Waals surface area (Å²) in [6.07, 6.45) is 3.55. The molecule has 126 valence electrons. The summed E-state index contributed by atoms with van der Waals surface area (Å²) in [5.41, 5.74) is 1.92. The van der Waals surface area contributed by atoms with Crippen molar-refractivity contribution in [1.82, 2.24) is 14.7 Å². The van der Waals surface area contributed by atoms with Gasteiger partial charge in [0, 0.05) is 37.8 Å². The van der Waals surface area contributed by atoms with E-state index in [4.69, 9.17) is 4.74 Å². The van der Waals surface area contributed by atoms with Gasteiger partial charge in [0.15, 0.2) is 5.78 Å². The van der Waals surface area contributed by atoms with Crippen molar-refractivity contribution in [2.75, 3.05) is 13.2 Å². The molecule has 0 spiro atoms. The third kappa shape index (κ3) is 3.01. The Hall–Kier alpha value is -1.98. The predicted octanol–water partition coefficient (Wildman–Crippen LogP) is 2.28. The highest BCUT2D eigenvalue weighted by atomic mass is 16.5. The number of ketones is 1. The second kappa shape index (κ2) is 6.49. The molecule has 2 saturated heterocycles. The molecule has 0 radical (unpaired) electrons. The van der Waals surface area contributed by atoms with Crippen LogP contribution in [0.4, 0.5) is 0 Å². The number of Topliss-reactive ketones (excluding diaryl/α,β-unsaturated/α-hetero) is 1. The molecule has 2 unspecified atom stereocenters. The lowest BCUT2D eigenvalue weighted by atomic mass is 9.81. The van der Waals surface area contributed by atoms with Gasteiger partial charge in [0.25, 0.3) is 0 Å². The maximum atomic E-state index is 12.8. The molecule has 24 heavy (non-hydrogen) atoms. The largest absolute Gasteiger partial charge is 0.378 e. The van der Waals surface area contributed by atoms with Gasteiger partial charge in [-0.3, -0.25) is 14.4 Å². The van der Waals surface area contributed by atoms with Crippen LogP contribution in [0.1, 0.15) is 28.9 Å². The lowest BCUT2D eigenvalue weighted by Crippen LogP contribution is -2.57. The zero-order valence-corrected chi connectivity index (χ0v) is 14.0. The molecular weight excluding hydrogens is 302 g/mol. The Morgan fingerprint density at radius 3 is 2.50 bits per heavy atom. The number of ether oxygens (including phenoxy) is 1. The summed E-state index contributed by atoms with van der Waals surface area (Å²) in [5, 5.41) is 4.29. The molecule has 0 N–H and O–H groups in total. The highest BCUT2D eigenvalue weighted by molar-refractivity contribution is 5.96. The Balaban J connectivity index is 1.49. The summed E-state index contributed by atoms with van der Waals surface area (Å²) >= 11 is 0. The Morgan fingerprint density at radius 2 is 1.88 bits per heavy atom. The molecule has 4 rings (SSSR count). The first-order valence-electron chi connectivity index (χ1n) is 8.62. The molecule has 0 saturated carbocycles. The van der Waals surface area contributed by atoms with Crippen molar-refractivity contribution < 1.29 is 9.53 Å². The van der Waals surface area contributed by atoms with Gasteiger partial charge in [0.2, 0.25) is 0 Å². The maximum absolute atomic E-state index is 12.8. The molecule has 2 atom stereocenters. The van der Waals surface area contributed by atoms with E-state index in [0.717, 1.165) is 32.6 Å². The van der Waals surface area contributed by atoms with Gasteiger partial charge in [-0.05, 0) is 24.5 Å². The third-order valence-electron chi connectivity index (χ3n) is 5.22. The van der Waals surface area contributed by atoms with Gasteiger partial charge < -0.3 is 4.74 Å². The average Bonchev–Trinajstić information content (AvgIpc) is 3.01. The Labute approximate surface area is 142 Å². The van der Waals surface area contributed by atoms with Crippen molar-refractivity contribution in [1.29, 1.82) is 0 Å². The second-order valence-corrected chi connectivity index (χ2v) is 6.91. The molecule has 2 aromatic rings. The average molecular weight is 325 g/mol. The standard InChI is InChI=1S/C19H23N3O2/c1-21-8-7-18(20-21)19(23)15-9-16-12-24-13-17(10-15)22(16)11-14-5-3-2-4-6-14/h2-8,15-17H,9-13H2,1H3. The number of morpholine rings is 1. The first kappa shape index (κ1) is 15.5. The number of aryl methyl sites for hydroxylation is 1. The van der Waals surface area contributed by atoms with Gasteiger partial charge in [0.05, 0.1) is 13.2 Å². The van der Waals surface area contributed by atoms with Crippen LogP contribution < -0.4 is 0 Å². The Bertz CT molecular complexity index is 698. The number of carbonyl (C=O) groups is 1. The molecular formula is C19H23N3O2. The molecule has 0 aliphatic carbocycles. The minimum Gasteiger partial charge on any atom is -0.378 e. The van der Waals surface area contributed by atoms with Crippen LogP contribution in [0.2, 0.25) is 0 Å². The van der Waals surface area contributed by atoms with E-state index in [0.29, 0.717) is 17.8 Å². The highest BCUT2D eigenvalue weighted by Gasteiger charge is 2.41. The van der Waals surface area contributed by atoms with E-state index in [1.54, 1.807) is 4.68 Å². The monoisotopic (exact) mass is 325 g/mol. The fraction of sp³-hybridized carbons (Fsp3) is 0.474. The number of hydrogen-bond donors (Lipinski definition) is 0. The molecule has 5 heteroatoms. The highest BCUT2D eigenvalue weighted by Crippen LogP contribution is 2.34. The number of aromatic nitrogens is 2. The van der Waals surface area contributed by atoms with Crippen molar-refractivity contribution in [3.05, 3.63) is 53.9 Å². The molecule has 1 aromatic carbocycles. The smallest absolute Gasteiger partial charge is 0.186 e. The van der Waals surface area contributed by atoms with Gasteiger partial charge in [-0.25, -0.2) is 0 Å². The van der Waals surface area contributed by atoms with E-state index in [1.165, 1.54) is 5.56 Å². The molecule has 1 aromatic heterocycles. The fourth-order valence-corrected chi connectivity index (χ4v) is 4.01. The van der Waals surface area contributed by atoms with Crippen LogP contribution in [0, 0.1) is 5.92 Å². The van der Waals surface area contributed by atoms with Crippen LogP contribution in [-0.2, 0) is 18.3 Å². The van der Waals surface area contributed by atoms with Crippen molar-refractivity contribution >= 4 is 5.78 Å². The SMILES string of the molecule is Cn1ccc(C(=O)C2CC3COCC(C2)N3Cc2ccccc2)n1. The molecule has 2 bridgehead atoms. The van der Waals surface area contributed by atoms with E-state index >= 15 is 0 Å². The quantitative estimate of drug-likeness (QED) is 0.809. The van der Waals surface area contributed by atoms with E-state index in [9.17, 15) is 4.79 Å². The Kier molecular flexibility index (Phi) is 4.21. The van der Waals surface area contributed by atoms with E-state index in [2.05, 4.69) is 34.3 Å². The van der Waals surface area contributed by atoms with Crippen LogP contribution in [0.15, 0.2) is 42.6 Å². The molecule has 3 heterocycles. The van der Waals surface area contributed by atoms with Gasteiger partial charge in [-0.15, -0.1) is 0 Å². The summed E-state index contributed by atoms with van der Waals surface area (Å²) in [6.45, 7) is 2.37. The lowest BCUT2D eigenvalue weighted by molar-refractivity contribution is -0.0873. The molecule has 2 fully saturated rings. The van der Waals surface area contributed by atoms with Crippen LogP contribution in [-0.4, -0.2) is 45.8 Å². The van der Waals surface area contributed by atoms with Gasteiger partial charge in [-0.2, -0.15) is 5.10 Å². The van der Waals surface area contributed by atoms with E-state index in [1.807, 2.05) is 25.4 Å². The van der Waals surface area contributed by atoms with E-state index < -0.39 is 0 Å². The normalized spacial score (nSPS) is 27.1. The summed E-state index contributed by atoms with van der Waals surface area (Å²) in [5.74, 6) is 0.248. The molecule has 2 aliphatic rings. The van der Waals surface area contributed by atoms with Crippen LogP contribution >= 0.6 is 0 Å². The van der Waals surface area contributed by atoms with Gasteiger partial charge in [0.1, 0.15) is 5.69 Å². The van der Waals surface area contributed by atoms with Crippen molar-refractivity contribution in [3.8, 4) is 0 Å². The lowest BCUT2D eigenvalue weighted by Gasteiger charge is -2.48. The van der Waals surface area contributed by atoms with Crippen molar-refractivity contribution in [2.45, 2.75) is 31.5 Å². The minimum atomic E-state index is 0.0609. The molecule has 0 amide bonds. The summed E-state index contributed by atoms with van der Waals surface area (Å²) < 4.78 is 7.47. The summed E-state index contributed by atoms with van der Waals surface area (Å²) in [7, 11) is 1.85. The van der Waals surface area contributed by atoms with E-state index in [-0.39, 0.29) is 11.7 Å². The minimum absolute atomic E-state index is 0.0609. The number of nitrogens with zero attached hydrogens (tertiary/aromatic N) is 3. The van der Waals surface area contributed by atoms with Crippen molar-refractivity contribution in [3.63, 3.8) is 0 Å². The number of piperidine rings is 1. The number of fused-ring (bicyclic) bond motifs is 2. The first-order valence-corrected chi connectivity index (χ1v) is 8.62. The molecule has 5 nitrogen and oxygen atoms in total. The topological polar surface area (TPSA) is 47.4 Å². The van der Waals surface area contributed by atoms with Gasteiger partial charge >= 0.3 is 0 Å². The van der Waals surface area contributed by atoms with Gasteiger partial charge in [-0.1, -0.05) is 30.3 Å². The second-order valence-electron chi connectivity index (χ2n) is 6.91. The number of carbonyl (C=O) groups excluding carboxylic acids is 1. The zero-order chi connectivity index (χ0) is 16.5. The van der Waals surface area contributed by atoms with Crippen LogP contribution in [0.5, 0.6) is 0 Å². The number of rotatable bonds is 4. The maximum Gasteiger partial charge on any atom is 0.186 e. The van der Waals surface area contributed by atoms with Crippen molar-refractivity contribution in [2.24, 2.45) is 13.0 Å². The number of benzene rings is 1.